The third-order valence-electron chi connectivity index (χ3n) is 8.62. The third kappa shape index (κ3) is 2.39. The molecule has 2 heterocycles. The maximum atomic E-state index is 11.0. The van der Waals surface area contributed by atoms with E-state index in [2.05, 4.69) is 13.8 Å². The van der Waals surface area contributed by atoms with Crippen LogP contribution in [0.2, 0.25) is 0 Å². The predicted molar refractivity (Wildman–Crippen MR) is 92.7 cm³/mol. The van der Waals surface area contributed by atoms with E-state index in [1.165, 1.54) is 0 Å². The van der Waals surface area contributed by atoms with Gasteiger partial charge >= 0.3 is 0 Å². The average molecular weight is 354 g/mol. The van der Waals surface area contributed by atoms with Crippen LogP contribution >= 0.6 is 0 Å². The second-order valence-electron chi connectivity index (χ2n) is 9.30. The number of fused-ring (bicyclic) bond motifs is 2. The first-order chi connectivity index (χ1) is 12.0. The van der Waals surface area contributed by atoms with Crippen LogP contribution in [0.5, 0.6) is 0 Å². The van der Waals surface area contributed by atoms with Crippen LogP contribution in [0.3, 0.4) is 0 Å². The Labute approximate surface area is 150 Å². The summed E-state index contributed by atoms with van der Waals surface area (Å²) in [5.41, 5.74) is -0.709. The van der Waals surface area contributed by atoms with Crippen molar-refractivity contribution in [3.63, 3.8) is 0 Å². The zero-order valence-electron chi connectivity index (χ0n) is 15.6. The van der Waals surface area contributed by atoms with E-state index < -0.39 is 11.5 Å². The molecule has 0 aromatic rings. The number of hydrogen-bond acceptors (Lipinski definition) is 5. The van der Waals surface area contributed by atoms with Crippen LogP contribution in [-0.2, 0) is 9.47 Å². The van der Waals surface area contributed by atoms with Gasteiger partial charge in [0.2, 0.25) is 0 Å². The monoisotopic (exact) mass is 354 g/mol. The Morgan fingerprint density at radius 1 is 1.12 bits per heavy atom. The first kappa shape index (κ1) is 18.2. The Balaban J connectivity index is 1.71. The standard InChI is InChI=1S/C20H34O5/c1-12-8-16(23)20(11-22)14(10-21)4-3-5-15(20)19(12,2)17-9-13-6-7-24-18(13)25-17/h12-18,21-23H,3-11H2,1-2H3/t12-,13-,14-,15-,16+,17+,18+,19+,20+/m1/s1. The van der Waals surface area contributed by atoms with Gasteiger partial charge in [-0.25, -0.2) is 0 Å². The number of rotatable bonds is 3. The van der Waals surface area contributed by atoms with Crippen molar-refractivity contribution < 1.29 is 24.8 Å². The van der Waals surface area contributed by atoms with E-state index in [4.69, 9.17) is 9.47 Å². The summed E-state index contributed by atoms with van der Waals surface area (Å²) in [6.45, 7) is 5.32. The maximum Gasteiger partial charge on any atom is 0.160 e. The van der Waals surface area contributed by atoms with E-state index in [-0.39, 0.29) is 42.9 Å². The van der Waals surface area contributed by atoms with E-state index >= 15 is 0 Å². The summed E-state index contributed by atoms with van der Waals surface area (Å²) in [7, 11) is 0. The summed E-state index contributed by atoms with van der Waals surface area (Å²) < 4.78 is 12.2. The van der Waals surface area contributed by atoms with Gasteiger partial charge in [-0.3, -0.25) is 0 Å². The molecule has 5 nitrogen and oxygen atoms in total. The fourth-order valence-electron chi connectivity index (χ4n) is 6.96. The molecule has 4 fully saturated rings. The lowest BCUT2D eigenvalue weighted by Crippen LogP contribution is -2.65. The first-order valence-electron chi connectivity index (χ1n) is 10.1. The second kappa shape index (κ2) is 6.45. The van der Waals surface area contributed by atoms with Gasteiger partial charge in [-0.2, -0.15) is 0 Å². The molecule has 2 saturated carbocycles. The highest BCUT2D eigenvalue weighted by atomic mass is 16.7. The third-order valence-corrected chi connectivity index (χ3v) is 8.62. The predicted octanol–water partition coefficient (Wildman–Crippen LogP) is 1.93. The normalized spacial score (nSPS) is 55.8. The molecule has 3 N–H and O–H groups in total. The van der Waals surface area contributed by atoms with Crippen LogP contribution in [0, 0.1) is 34.5 Å². The molecule has 2 aliphatic carbocycles. The van der Waals surface area contributed by atoms with Gasteiger partial charge in [0, 0.05) is 23.4 Å². The maximum absolute atomic E-state index is 11.0. The van der Waals surface area contributed by atoms with Crippen LogP contribution in [0.15, 0.2) is 0 Å². The van der Waals surface area contributed by atoms with Gasteiger partial charge in [0.1, 0.15) is 0 Å². The smallest absolute Gasteiger partial charge is 0.160 e. The molecular formula is C20H34O5. The van der Waals surface area contributed by atoms with Crippen molar-refractivity contribution in [2.24, 2.45) is 34.5 Å². The summed E-state index contributed by atoms with van der Waals surface area (Å²) in [4.78, 5) is 0. The molecular weight excluding hydrogens is 320 g/mol. The minimum Gasteiger partial charge on any atom is -0.396 e. The fourth-order valence-corrected chi connectivity index (χ4v) is 6.96. The Morgan fingerprint density at radius 3 is 2.60 bits per heavy atom. The summed E-state index contributed by atoms with van der Waals surface area (Å²) in [5.74, 6) is 0.934. The van der Waals surface area contributed by atoms with Gasteiger partial charge in [-0.05, 0) is 49.9 Å². The van der Waals surface area contributed by atoms with Crippen LogP contribution in [-0.4, -0.2) is 53.6 Å². The minimum atomic E-state index is -0.601. The van der Waals surface area contributed by atoms with Crippen molar-refractivity contribution in [3.05, 3.63) is 0 Å². The van der Waals surface area contributed by atoms with Crippen molar-refractivity contribution in [1.82, 2.24) is 0 Å². The van der Waals surface area contributed by atoms with Crippen molar-refractivity contribution in [2.45, 2.75) is 70.9 Å². The summed E-state index contributed by atoms with van der Waals surface area (Å²) >= 11 is 0. The zero-order chi connectivity index (χ0) is 17.8. The Kier molecular flexibility index (Phi) is 4.69. The Bertz CT molecular complexity index is 486. The highest BCUT2D eigenvalue weighted by Crippen LogP contribution is 2.64. The van der Waals surface area contributed by atoms with E-state index in [0.29, 0.717) is 18.3 Å². The molecule has 9 atom stereocenters. The van der Waals surface area contributed by atoms with E-state index in [0.717, 1.165) is 38.7 Å². The molecule has 144 valence electrons. The topological polar surface area (TPSA) is 79.2 Å². The molecule has 0 bridgehead atoms. The van der Waals surface area contributed by atoms with Crippen LogP contribution in [0.1, 0.15) is 52.4 Å². The molecule has 25 heavy (non-hydrogen) atoms. The van der Waals surface area contributed by atoms with Crippen molar-refractivity contribution in [3.8, 4) is 0 Å². The van der Waals surface area contributed by atoms with Gasteiger partial charge < -0.3 is 24.8 Å². The molecule has 2 saturated heterocycles. The van der Waals surface area contributed by atoms with Gasteiger partial charge in [0.25, 0.3) is 0 Å². The summed E-state index contributed by atoms with van der Waals surface area (Å²) in [5, 5.41) is 31.5. The minimum absolute atomic E-state index is 0.0322. The highest BCUT2D eigenvalue weighted by molar-refractivity contribution is 5.13. The highest BCUT2D eigenvalue weighted by Gasteiger charge is 2.65. The van der Waals surface area contributed by atoms with E-state index in [9.17, 15) is 15.3 Å². The Morgan fingerprint density at radius 2 is 1.92 bits per heavy atom. The molecule has 0 spiro atoms. The molecule has 4 rings (SSSR count). The van der Waals surface area contributed by atoms with Crippen LogP contribution < -0.4 is 0 Å². The van der Waals surface area contributed by atoms with Crippen LogP contribution in [0.25, 0.3) is 0 Å². The largest absolute Gasteiger partial charge is 0.396 e. The zero-order valence-corrected chi connectivity index (χ0v) is 15.6. The van der Waals surface area contributed by atoms with Gasteiger partial charge in [-0.1, -0.05) is 20.3 Å². The molecule has 0 aromatic carbocycles. The number of hydrogen-bond donors (Lipinski definition) is 3. The van der Waals surface area contributed by atoms with Crippen molar-refractivity contribution in [1.29, 1.82) is 0 Å². The quantitative estimate of drug-likeness (QED) is 0.722. The summed E-state index contributed by atoms with van der Waals surface area (Å²) in [6, 6.07) is 0. The molecule has 4 aliphatic rings. The number of aliphatic hydroxyl groups is 3. The van der Waals surface area contributed by atoms with Crippen molar-refractivity contribution >= 4 is 0 Å². The molecule has 0 aromatic heterocycles. The van der Waals surface area contributed by atoms with Gasteiger partial charge in [0.15, 0.2) is 6.29 Å². The van der Waals surface area contributed by atoms with Crippen molar-refractivity contribution in [2.75, 3.05) is 19.8 Å². The van der Waals surface area contributed by atoms with Crippen LogP contribution in [0.4, 0.5) is 0 Å². The number of ether oxygens (including phenoxy) is 2. The molecule has 5 heteroatoms. The molecule has 0 amide bonds. The lowest BCUT2D eigenvalue weighted by atomic mass is 9.42. The van der Waals surface area contributed by atoms with Gasteiger partial charge in [-0.15, -0.1) is 0 Å². The molecule has 2 aliphatic heterocycles. The lowest BCUT2D eigenvalue weighted by molar-refractivity contribution is -0.248. The average Bonchev–Trinajstić information content (AvgIpc) is 3.21. The lowest BCUT2D eigenvalue weighted by Gasteiger charge is -2.64. The molecule has 0 unspecified atom stereocenters. The Hall–Kier alpha value is -0.200. The first-order valence-corrected chi connectivity index (χ1v) is 10.1. The second-order valence-corrected chi connectivity index (χ2v) is 9.30. The van der Waals surface area contributed by atoms with E-state index in [1.54, 1.807) is 0 Å². The van der Waals surface area contributed by atoms with Gasteiger partial charge in [0.05, 0.1) is 25.4 Å². The van der Waals surface area contributed by atoms with E-state index in [1.807, 2.05) is 0 Å². The summed E-state index contributed by atoms with van der Waals surface area (Å²) in [6.07, 6.45) is 5.16. The SMILES string of the molecule is C[C@@H]1C[C@H](O)[C@@]2(CO)[C@@H](CO)CCC[C@@H]2[C@@]1(C)[C@@H]1C[C@H]2CCO[C@H]2O1. The number of aliphatic hydroxyl groups excluding tert-OH is 3. The molecule has 0 radical (unpaired) electrons. The fraction of sp³-hybridized carbons (Fsp3) is 1.00.